The van der Waals surface area contributed by atoms with Crippen molar-refractivity contribution in [1.82, 2.24) is 20.2 Å². The highest BCUT2D eigenvalue weighted by molar-refractivity contribution is 6.36. The molecule has 45 heavy (non-hydrogen) atoms. The van der Waals surface area contributed by atoms with Gasteiger partial charge in [-0.15, -0.1) is 0 Å². The highest BCUT2D eigenvalue weighted by Gasteiger charge is 2.40. The zero-order chi connectivity index (χ0) is 32.9. The number of carbonyl (C=O) groups excluding carboxylic acids is 2. The van der Waals surface area contributed by atoms with Gasteiger partial charge in [-0.1, -0.05) is 53.5 Å². The Bertz CT molecular complexity index is 1480. The molecule has 242 valence electrons. The van der Waals surface area contributed by atoms with Gasteiger partial charge in [0, 0.05) is 34.7 Å². The Labute approximate surface area is 275 Å². The third kappa shape index (κ3) is 9.79. The lowest BCUT2D eigenvalue weighted by Crippen LogP contribution is -2.56. The largest absolute Gasteiger partial charge is 0.458 e. The highest BCUT2D eigenvalue weighted by atomic mass is 35.5. The summed E-state index contributed by atoms with van der Waals surface area (Å²) in [5.41, 5.74) is 9.06. The molecule has 0 radical (unpaired) electrons. The number of aromatic nitrogens is 2. The highest BCUT2D eigenvalue weighted by Crippen LogP contribution is 2.28. The molecule has 1 unspecified atom stereocenters. The minimum Gasteiger partial charge on any atom is -0.458 e. The molecule has 1 saturated heterocycles. The second kappa shape index (κ2) is 14.4. The van der Waals surface area contributed by atoms with Gasteiger partial charge in [-0.2, -0.15) is 0 Å². The van der Waals surface area contributed by atoms with E-state index in [2.05, 4.69) is 10.3 Å². The molecule has 0 aliphatic carbocycles. The number of piperidine rings is 1. The normalized spacial score (nSPS) is 17.2. The van der Waals surface area contributed by atoms with Gasteiger partial charge < -0.3 is 20.5 Å². The van der Waals surface area contributed by atoms with Gasteiger partial charge in [0.05, 0.1) is 17.6 Å². The molecule has 0 spiro atoms. The van der Waals surface area contributed by atoms with Gasteiger partial charge in [-0.05, 0) is 90.5 Å². The molecular formula is C34H43Cl2N5O4. The SMILES string of the molecule is CC(C)(C)OC(=O)[C@H]1CC(NCc2ccc(-c3cnc(N)c(CCc4c(Cl)cccc4Cl)n3)cc2)CCN1C(=O)OC(C)(C)C. The van der Waals surface area contributed by atoms with Gasteiger partial charge in [0.15, 0.2) is 0 Å². The first-order chi connectivity index (χ1) is 21.1. The molecule has 1 amide bonds. The first-order valence-electron chi connectivity index (χ1n) is 15.2. The van der Waals surface area contributed by atoms with Crippen LogP contribution >= 0.6 is 23.2 Å². The van der Waals surface area contributed by atoms with Gasteiger partial charge in [0.2, 0.25) is 0 Å². The lowest BCUT2D eigenvalue weighted by Gasteiger charge is -2.39. The van der Waals surface area contributed by atoms with Crippen molar-refractivity contribution < 1.29 is 19.1 Å². The second-order valence-corrected chi connectivity index (χ2v) is 14.1. The molecule has 1 aliphatic rings. The van der Waals surface area contributed by atoms with Crippen LogP contribution in [0.25, 0.3) is 11.3 Å². The zero-order valence-electron chi connectivity index (χ0n) is 26.8. The maximum absolute atomic E-state index is 13.1. The molecule has 11 heteroatoms. The summed E-state index contributed by atoms with van der Waals surface area (Å²) in [6.45, 7) is 11.9. The van der Waals surface area contributed by atoms with Crippen LogP contribution < -0.4 is 11.1 Å². The summed E-state index contributed by atoms with van der Waals surface area (Å²) >= 11 is 12.7. The fraction of sp³-hybridized carbons (Fsp3) is 0.471. The Kier molecular flexibility index (Phi) is 11.0. The van der Waals surface area contributed by atoms with Crippen LogP contribution in [0.4, 0.5) is 10.6 Å². The van der Waals surface area contributed by atoms with Crippen molar-refractivity contribution in [2.45, 2.75) is 97.1 Å². The summed E-state index contributed by atoms with van der Waals surface area (Å²) in [5.74, 6) is -0.0479. The third-order valence-electron chi connectivity index (χ3n) is 7.30. The zero-order valence-corrected chi connectivity index (χ0v) is 28.3. The van der Waals surface area contributed by atoms with Crippen LogP contribution in [-0.4, -0.2) is 56.8 Å². The molecular weight excluding hydrogens is 613 g/mol. The van der Waals surface area contributed by atoms with Gasteiger partial charge in [-0.3, -0.25) is 4.90 Å². The first kappa shape index (κ1) is 34.5. The first-order valence-corrected chi connectivity index (χ1v) is 15.9. The van der Waals surface area contributed by atoms with Crippen molar-refractivity contribution >= 4 is 41.1 Å². The molecule has 0 bridgehead atoms. The van der Waals surface area contributed by atoms with Gasteiger partial charge in [0.25, 0.3) is 0 Å². The van der Waals surface area contributed by atoms with Crippen LogP contribution in [0.2, 0.25) is 10.0 Å². The van der Waals surface area contributed by atoms with Gasteiger partial charge in [0.1, 0.15) is 23.1 Å². The number of carbonyl (C=O) groups is 2. The van der Waals surface area contributed by atoms with E-state index in [4.69, 9.17) is 43.4 Å². The van der Waals surface area contributed by atoms with E-state index in [1.165, 1.54) is 4.90 Å². The lowest BCUT2D eigenvalue weighted by atomic mass is 9.96. The number of nitrogens with zero attached hydrogens (tertiary/aromatic N) is 3. The number of anilines is 1. The van der Waals surface area contributed by atoms with Crippen LogP contribution in [0, 0.1) is 0 Å². The van der Waals surface area contributed by atoms with Crippen LogP contribution in [0.5, 0.6) is 0 Å². The fourth-order valence-electron chi connectivity index (χ4n) is 5.11. The minimum atomic E-state index is -0.736. The maximum Gasteiger partial charge on any atom is 0.411 e. The van der Waals surface area contributed by atoms with Crippen LogP contribution in [-0.2, 0) is 33.7 Å². The Morgan fingerprint density at radius 2 is 1.62 bits per heavy atom. The van der Waals surface area contributed by atoms with Crippen molar-refractivity contribution in [2.75, 3.05) is 12.3 Å². The number of ether oxygens (including phenoxy) is 2. The van der Waals surface area contributed by atoms with Crippen molar-refractivity contribution in [3.8, 4) is 11.3 Å². The fourth-order valence-corrected chi connectivity index (χ4v) is 5.70. The summed E-state index contributed by atoms with van der Waals surface area (Å²) in [6.07, 6.45) is 3.42. The number of nitrogen functional groups attached to an aromatic ring is 1. The van der Waals surface area contributed by atoms with E-state index >= 15 is 0 Å². The number of halogens is 2. The standard InChI is InChI=1S/C34H43Cl2N5O4/c1-33(2,3)44-31(42)29-18-23(16-17-41(29)32(43)45-34(4,5)6)38-19-21-10-12-22(13-11-21)28-20-39-30(37)27(40-28)15-14-24-25(35)8-7-9-26(24)36/h7-13,20,23,29,38H,14-19H2,1-6H3,(H2,37,39)/t23?,29-/m1/s1. The average Bonchev–Trinajstić information content (AvgIpc) is 2.95. The van der Waals surface area contributed by atoms with Crippen LogP contribution in [0.3, 0.4) is 0 Å². The number of aryl methyl sites for hydroxylation is 1. The lowest BCUT2D eigenvalue weighted by molar-refractivity contribution is -0.162. The molecule has 1 fully saturated rings. The van der Waals surface area contributed by atoms with E-state index in [9.17, 15) is 9.59 Å². The molecule has 9 nitrogen and oxygen atoms in total. The Morgan fingerprint density at radius 1 is 0.978 bits per heavy atom. The van der Waals surface area contributed by atoms with Crippen molar-refractivity contribution in [1.29, 1.82) is 0 Å². The number of amides is 1. The predicted molar refractivity (Wildman–Crippen MR) is 178 cm³/mol. The Morgan fingerprint density at radius 3 is 2.24 bits per heavy atom. The number of hydrogen-bond acceptors (Lipinski definition) is 8. The molecule has 1 aromatic heterocycles. The van der Waals surface area contributed by atoms with E-state index < -0.39 is 29.3 Å². The van der Waals surface area contributed by atoms with E-state index in [-0.39, 0.29) is 6.04 Å². The van der Waals surface area contributed by atoms with Crippen molar-refractivity contribution in [3.63, 3.8) is 0 Å². The number of rotatable bonds is 8. The summed E-state index contributed by atoms with van der Waals surface area (Å²) < 4.78 is 11.3. The maximum atomic E-state index is 13.1. The number of nitrogens with one attached hydrogen (secondary N) is 1. The van der Waals surface area contributed by atoms with Gasteiger partial charge in [-0.25, -0.2) is 19.6 Å². The van der Waals surface area contributed by atoms with E-state index in [0.29, 0.717) is 60.3 Å². The Hall–Kier alpha value is -3.40. The topological polar surface area (TPSA) is 120 Å². The number of esters is 1. The molecule has 2 aromatic carbocycles. The summed E-state index contributed by atoms with van der Waals surface area (Å²) in [7, 11) is 0. The minimum absolute atomic E-state index is 0.0121. The molecule has 3 aromatic rings. The molecule has 2 heterocycles. The van der Waals surface area contributed by atoms with E-state index in [0.717, 1.165) is 22.4 Å². The molecule has 0 saturated carbocycles. The molecule has 4 rings (SSSR count). The average molecular weight is 657 g/mol. The summed E-state index contributed by atoms with van der Waals surface area (Å²) in [6, 6.07) is 12.8. The molecule has 3 N–H and O–H groups in total. The molecule has 1 aliphatic heterocycles. The number of hydrogen-bond donors (Lipinski definition) is 2. The second-order valence-electron chi connectivity index (χ2n) is 13.3. The predicted octanol–water partition coefficient (Wildman–Crippen LogP) is 7.02. The Balaban J connectivity index is 1.39. The molecule has 2 atom stereocenters. The van der Waals surface area contributed by atoms with Crippen molar-refractivity contribution in [3.05, 3.63) is 75.5 Å². The monoisotopic (exact) mass is 655 g/mol. The van der Waals surface area contributed by atoms with Crippen LogP contribution in [0.1, 0.15) is 71.2 Å². The van der Waals surface area contributed by atoms with Gasteiger partial charge >= 0.3 is 12.1 Å². The van der Waals surface area contributed by atoms with E-state index in [1.807, 2.05) is 84.0 Å². The number of benzene rings is 2. The summed E-state index contributed by atoms with van der Waals surface area (Å²) in [4.78, 5) is 36.7. The number of nitrogens with two attached hydrogens (primary N) is 1. The quantitative estimate of drug-likeness (QED) is 0.249. The van der Waals surface area contributed by atoms with E-state index in [1.54, 1.807) is 6.20 Å². The van der Waals surface area contributed by atoms with Crippen LogP contribution in [0.15, 0.2) is 48.7 Å². The van der Waals surface area contributed by atoms with Crippen molar-refractivity contribution in [2.24, 2.45) is 0 Å². The summed E-state index contributed by atoms with van der Waals surface area (Å²) in [5, 5.41) is 4.79. The third-order valence-corrected chi connectivity index (χ3v) is 8.01. The smallest absolute Gasteiger partial charge is 0.411 e. The number of likely N-dealkylation sites (tertiary alicyclic amines) is 1.